The molecule has 0 fully saturated rings. The van der Waals surface area contributed by atoms with Crippen LogP contribution in [0.2, 0.25) is 59.7 Å². The summed E-state index contributed by atoms with van der Waals surface area (Å²) in [6.07, 6.45) is 10.4. The van der Waals surface area contributed by atoms with Gasteiger partial charge in [0, 0.05) is 0 Å². The van der Waals surface area contributed by atoms with Crippen LogP contribution in [0.5, 0.6) is 0 Å². The maximum absolute atomic E-state index is 3.99. The van der Waals surface area contributed by atoms with E-state index in [-0.39, 0.29) is 0 Å². The summed E-state index contributed by atoms with van der Waals surface area (Å²) >= 11 is -3.99. The number of benzene rings is 4. The van der Waals surface area contributed by atoms with Crippen LogP contribution in [-0.4, -0.2) is 21.6 Å². The van der Waals surface area contributed by atoms with Gasteiger partial charge in [0.2, 0.25) is 0 Å². The molecular formula is C44H58HfSi3. The van der Waals surface area contributed by atoms with Crippen molar-refractivity contribution in [3.63, 3.8) is 0 Å². The van der Waals surface area contributed by atoms with E-state index in [4.69, 9.17) is 0 Å². The topological polar surface area (TPSA) is 0 Å². The third kappa shape index (κ3) is 6.01. The summed E-state index contributed by atoms with van der Waals surface area (Å²) in [5, 5.41) is 3.06. The summed E-state index contributed by atoms with van der Waals surface area (Å²) in [6, 6.07) is 33.6. The number of hydrogen-bond acceptors (Lipinski definition) is 0. The molecule has 0 radical (unpaired) electrons. The van der Waals surface area contributed by atoms with Crippen LogP contribution >= 0.6 is 0 Å². The summed E-state index contributed by atoms with van der Waals surface area (Å²) in [6.45, 7) is 24.9. The zero-order valence-corrected chi connectivity index (χ0v) is 38.3. The van der Waals surface area contributed by atoms with E-state index in [9.17, 15) is 0 Å². The zero-order valence-electron chi connectivity index (χ0n) is 31.7. The molecule has 4 heteroatoms. The second-order valence-corrected chi connectivity index (χ2v) is 74.1. The van der Waals surface area contributed by atoms with E-state index in [0.29, 0.717) is 7.35 Å². The van der Waals surface area contributed by atoms with Crippen molar-refractivity contribution < 1.29 is 17.1 Å². The summed E-state index contributed by atoms with van der Waals surface area (Å²) in [5.74, 6) is 0. The molecule has 0 aliphatic heterocycles. The molecule has 2 aliphatic rings. The van der Waals surface area contributed by atoms with Crippen LogP contribution in [0.15, 0.2) is 97.1 Å². The van der Waals surface area contributed by atoms with Crippen LogP contribution < -0.4 is 10.4 Å². The van der Waals surface area contributed by atoms with Gasteiger partial charge >= 0.3 is 298 Å². The SMILES string of the molecule is CC(C)[Si](C(C)C)=[Hf]([CH3])([CH3])([CH]1C=Cc2c(-c3ccc([Si](C)(C)C)cc3)cccc21)[CH]1C=Cc2c(-c3ccc([Si](C)(C)C)cc3)cccc21. The van der Waals surface area contributed by atoms with Crippen molar-refractivity contribution in [1.29, 1.82) is 0 Å². The molecule has 6 rings (SSSR count). The molecule has 2 atom stereocenters. The van der Waals surface area contributed by atoms with E-state index < -0.39 is 38.8 Å². The predicted molar refractivity (Wildman–Crippen MR) is 221 cm³/mol. The molecule has 0 saturated heterocycles. The molecule has 0 amide bonds. The monoisotopic (exact) mass is 850 g/mol. The first-order chi connectivity index (χ1) is 22.4. The molecule has 48 heavy (non-hydrogen) atoms. The second kappa shape index (κ2) is 12.6. The summed E-state index contributed by atoms with van der Waals surface area (Å²) in [4.78, 5) is 0. The van der Waals surface area contributed by atoms with E-state index in [2.05, 4.69) is 186 Å². The van der Waals surface area contributed by atoms with Gasteiger partial charge < -0.3 is 0 Å². The Kier molecular flexibility index (Phi) is 9.36. The van der Waals surface area contributed by atoms with Crippen LogP contribution in [-0.2, 0) is 17.1 Å². The molecule has 0 saturated carbocycles. The Balaban J connectivity index is 1.52. The Bertz CT molecular complexity index is 1850. The third-order valence-electron chi connectivity index (χ3n) is 12.1. The normalized spacial score (nSPS) is 17.7. The van der Waals surface area contributed by atoms with Gasteiger partial charge in [0.05, 0.1) is 0 Å². The Hall–Kier alpha value is -2.12. The Labute approximate surface area is 295 Å². The van der Waals surface area contributed by atoms with Crippen molar-refractivity contribution in [1.82, 2.24) is 0 Å². The van der Waals surface area contributed by atoms with E-state index in [1.54, 1.807) is 11.1 Å². The summed E-state index contributed by atoms with van der Waals surface area (Å²) in [5.41, 5.74) is 12.4. The first kappa shape index (κ1) is 35.7. The average molecular weight is 850 g/mol. The van der Waals surface area contributed by atoms with E-state index in [1.807, 2.05) is 0 Å². The van der Waals surface area contributed by atoms with Crippen molar-refractivity contribution in [2.75, 3.05) is 0 Å². The Morgan fingerprint density at radius 3 is 1.19 bits per heavy atom. The number of hydrogen-bond donors (Lipinski definition) is 0. The molecule has 0 heterocycles. The fourth-order valence-corrected chi connectivity index (χ4v) is 84.2. The summed E-state index contributed by atoms with van der Waals surface area (Å²) < 4.78 is 6.89. The van der Waals surface area contributed by atoms with Gasteiger partial charge in [-0.1, -0.05) is 0 Å². The van der Waals surface area contributed by atoms with Crippen LogP contribution in [0.3, 0.4) is 0 Å². The zero-order chi connectivity index (χ0) is 34.8. The fourth-order valence-electron chi connectivity index (χ4n) is 10.1. The van der Waals surface area contributed by atoms with Crippen molar-refractivity contribution in [3.8, 4) is 22.3 Å². The first-order valence-electron chi connectivity index (χ1n) is 18.3. The minimum atomic E-state index is -3.99. The molecule has 0 bridgehead atoms. The standard InChI is InChI=1S/2C18H19Si.C6H14Si.2CH3.Hf/c2*1-19(2,3)16-12-10-15(11-13-16)18-9-5-7-14-6-4-8-17(14)18;1-5(2)7-6(3)4;;;/h2*4-13H,1-3H3;5-6H,1-4H3;2*1H3;. The van der Waals surface area contributed by atoms with Crippen LogP contribution in [0.4, 0.5) is 0 Å². The molecule has 4 aromatic rings. The second-order valence-electron chi connectivity index (χ2n) is 18.3. The Morgan fingerprint density at radius 1 is 0.521 bits per heavy atom. The van der Waals surface area contributed by atoms with Crippen molar-refractivity contribution >= 4 is 44.2 Å². The number of rotatable bonds is 8. The van der Waals surface area contributed by atoms with Gasteiger partial charge in [0.1, 0.15) is 0 Å². The van der Waals surface area contributed by atoms with Gasteiger partial charge in [0.25, 0.3) is 0 Å². The van der Waals surface area contributed by atoms with E-state index in [0.717, 1.165) is 11.1 Å². The quantitative estimate of drug-likeness (QED) is 0.155. The van der Waals surface area contributed by atoms with Gasteiger partial charge in [-0.25, -0.2) is 0 Å². The number of allylic oxidation sites excluding steroid dienone is 2. The molecule has 2 unspecified atom stereocenters. The van der Waals surface area contributed by atoms with Crippen LogP contribution in [0.1, 0.15) is 57.3 Å². The predicted octanol–water partition coefficient (Wildman–Crippen LogP) is 12.5. The van der Waals surface area contributed by atoms with Gasteiger partial charge in [-0.3, -0.25) is 0 Å². The average Bonchev–Trinajstić information content (AvgIpc) is 3.66. The molecule has 2 aliphatic carbocycles. The van der Waals surface area contributed by atoms with Gasteiger partial charge in [-0.05, 0) is 0 Å². The van der Waals surface area contributed by atoms with E-state index in [1.165, 1.54) is 43.8 Å². The van der Waals surface area contributed by atoms with Crippen molar-refractivity contribution in [2.45, 2.75) is 94.8 Å². The fraction of sp³-hybridized carbons (Fsp3) is 0.364. The van der Waals surface area contributed by atoms with Crippen LogP contribution in [0.25, 0.3) is 34.4 Å². The molecular weight excluding hydrogens is 791 g/mol. The molecule has 0 N–H and O–H groups in total. The van der Waals surface area contributed by atoms with Gasteiger partial charge in [0.15, 0.2) is 0 Å². The first-order valence-corrected chi connectivity index (χ1v) is 43.7. The Morgan fingerprint density at radius 2 is 0.875 bits per heavy atom. The molecule has 0 nitrogen and oxygen atoms in total. The maximum atomic E-state index is 2.91. The molecule has 0 aromatic heterocycles. The molecule has 0 spiro atoms. The van der Waals surface area contributed by atoms with Crippen molar-refractivity contribution in [2.24, 2.45) is 0 Å². The minimum absolute atomic E-state index is 0.539. The number of fused-ring (bicyclic) bond motifs is 2. The third-order valence-corrected chi connectivity index (χ3v) is 75.0. The van der Waals surface area contributed by atoms with Crippen LogP contribution in [0, 0.1) is 0 Å². The molecule has 4 aromatic carbocycles. The van der Waals surface area contributed by atoms with E-state index >= 15 is 0 Å². The molecule has 250 valence electrons. The van der Waals surface area contributed by atoms with Crippen molar-refractivity contribution in [3.05, 3.63) is 119 Å². The van der Waals surface area contributed by atoms with Gasteiger partial charge in [-0.2, -0.15) is 0 Å². The summed E-state index contributed by atoms with van der Waals surface area (Å²) in [7, 11) is -2.69. The van der Waals surface area contributed by atoms with Gasteiger partial charge in [-0.15, -0.1) is 0 Å².